The Bertz CT molecular complexity index is 965. The summed E-state index contributed by atoms with van der Waals surface area (Å²) in [5.74, 6) is 0.662. The smallest absolute Gasteiger partial charge is 0.255 e. The Kier molecular flexibility index (Phi) is 4.92. The highest BCUT2D eigenvalue weighted by Crippen LogP contribution is 2.32. The van der Waals surface area contributed by atoms with E-state index in [0.717, 1.165) is 53.8 Å². The Labute approximate surface area is 159 Å². The van der Waals surface area contributed by atoms with Crippen LogP contribution in [-0.4, -0.2) is 31.1 Å². The lowest BCUT2D eigenvalue weighted by atomic mass is 10.1. The maximum Gasteiger partial charge on any atom is 0.255 e. The summed E-state index contributed by atoms with van der Waals surface area (Å²) in [4.78, 5) is 19.8. The van der Waals surface area contributed by atoms with Crippen LogP contribution in [0.5, 0.6) is 5.75 Å². The molecule has 4 rings (SSSR count). The van der Waals surface area contributed by atoms with Crippen LogP contribution in [0.4, 0.5) is 5.69 Å². The number of nitrogens with zero attached hydrogens (tertiary/aromatic N) is 2. The summed E-state index contributed by atoms with van der Waals surface area (Å²) in [6.45, 7) is 2.36. The van der Waals surface area contributed by atoms with Gasteiger partial charge in [0.05, 0.1) is 23.9 Å². The topological polar surface area (TPSA) is 54.5 Å². The van der Waals surface area contributed by atoms with Gasteiger partial charge in [0, 0.05) is 36.8 Å². The monoisotopic (exact) mass is 361 g/mol. The lowest BCUT2D eigenvalue weighted by Gasteiger charge is -2.23. The Balaban J connectivity index is 1.66. The highest BCUT2D eigenvalue weighted by atomic mass is 16.5. The number of hydrogen-bond donors (Lipinski definition) is 1. The molecular weight excluding hydrogens is 338 g/mol. The van der Waals surface area contributed by atoms with Crippen molar-refractivity contribution >= 4 is 22.5 Å². The summed E-state index contributed by atoms with van der Waals surface area (Å²) in [5, 5.41) is 4.06. The molecule has 27 heavy (non-hydrogen) atoms. The van der Waals surface area contributed by atoms with Crippen molar-refractivity contribution in [3.8, 4) is 5.75 Å². The van der Waals surface area contributed by atoms with Gasteiger partial charge in [-0.05, 0) is 25.0 Å². The number of para-hydroxylation sites is 2. The second kappa shape index (κ2) is 7.66. The van der Waals surface area contributed by atoms with Crippen molar-refractivity contribution < 1.29 is 9.53 Å². The molecule has 1 amide bonds. The van der Waals surface area contributed by atoms with Gasteiger partial charge in [0.1, 0.15) is 5.75 Å². The molecule has 1 aliphatic rings. The average molecular weight is 361 g/mol. The zero-order chi connectivity index (χ0) is 18.6. The predicted octanol–water partition coefficient (Wildman–Crippen LogP) is 3.77. The molecular formula is C22H23N3O2. The largest absolute Gasteiger partial charge is 0.496 e. The van der Waals surface area contributed by atoms with E-state index in [1.807, 2.05) is 48.5 Å². The molecule has 1 N–H and O–H groups in total. The van der Waals surface area contributed by atoms with E-state index in [2.05, 4.69) is 15.2 Å². The number of rotatable bonds is 5. The van der Waals surface area contributed by atoms with E-state index in [1.165, 1.54) is 0 Å². The van der Waals surface area contributed by atoms with Gasteiger partial charge in [-0.25, -0.2) is 0 Å². The molecule has 1 saturated heterocycles. The van der Waals surface area contributed by atoms with E-state index in [0.29, 0.717) is 12.1 Å². The molecule has 138 valence electrons. The zero-order valence-electron chi connectivity index (χ0n) is 15.4. The number of aromatic nitrogens is 1. The third kappa shape index (κ3) is 3.45. The number of nitrogens with one attached hydrogen (secondary N) is 1. The van der Waals surface area contributed by atoms with Gasteiger partial charge in [-0.15, -0.1) is 0 Å². The molecule has 3 aromatic rings. The van der Waals surface area contributed by atoms with Crippen LogP contribution >= 0.6 is 0 Å². The van der Waals surface area contributed by atoms with Crippen LogP contribution in [0.25, 0.3) is 10.9 Å². The standard InChI is InChI=1S/C22H23N3O2/c1-27-20-11-5-2-8-16(20)14-24-22(26)18-15-23-19-10-4-3-9-17(19)21(18)25-12-6-7-13-25/h2-5,8-11,15H,6-7,12-14H2,1H3,(H,24,26). The van der Waals surface area contributed by atoms with Gasteiger partial charge in [-0.3, -0.25) is 9.78 Å². The molecule has 2 aromatic carbocycles. The van der Waals surface area contributed by atoms with Crippen LogP contribution in [0.3, 0.4) is 0 Å². The second-order valence-corrected chi connectivity index (χ2v) is 6.73. The van der Waals surface area contributed by atoms with Gasteiger partial charge in [0.2, 0.25) is 0 Å². The minimum Gasteiger partial charge on any atom is -0.496 e. The van der Waals surface area contributed by atoms with E-state index in [9.17, 15) is 4.79 Å². The number of fused-ring (bicyclic) bond motifs is 1. The van der Waals surface area contributed by atoms with Crippen molar-refractivity contribution in [2.24, 2.45) is 0 Å². The third-order valence-electron chi connectivity index (χ3n) is 5.05. The highest BCUT2D eigenvalue weighted by molar-refractivity contribution is 6.07. The number of amides is 1. The molecule has 0 atom stereocenters. The molecule has 5 heteroatoms. The van der Waals surface area contributed by atoms with E-state index in [1.54, 1.807) is 13.3 Å². The molecule has 0 aliphatic carbocycles. The lowest BCUT2D eigenvalue weighted by molar-refractivity contribution is 0.0951. The van der Waals surface area contributed by atoms with Gasteiger partial charge < -0.3 is 15.0 Å². The van der Waals surface area contributed by atoms with E-state index in [4.69, 9.17) is 4.74 Å². The number of carbonyl (C=O) groups is 1. The van der Waals surface area contributed by atoms with Crippen LogP contribution in [0.1, 0.15) is 28.8 Å². The number of hydrogen-bond acceptors (Lipinski definition) is 4. The molecule has 2 heterocycles. The molecule has 0 radical (unpaired) electrons. The fourth-order valence-corrected chi connectivity index (χ4v) is 3.69. The number of benzene rings is 2. The van der Waals surface area contributed by atoms with Crippen molar-refractivity contribution in [2.45, 2.75) is 19.4 Å². The molecule has 0 saturated carbocycles. The van der Waals surface area contributed by atoms with Crippen LogP contribution in [0.2, 0.25) is 0 Å². The van der Waals surface area contributed by atoms with Crippen LogP contribution < -0.4 is 15.0 Å². The Morgan fingerprint density at radius 3 is 2.67 bits per heavy atom. The first kappa shape index (κ1) is 17.3. The molecule has 1 fully saturated rings. The van der Waals surface area contributed by atoms with Crippen LogP contribution in [-0.2, 0) is 6.54 Å². The predicted molar refractivity (Wildman–Crippen MR) is 107 cm³/mol. The molecule has 0 spiro atoms. The van der Waals surface area contributed by atoms with E-state index < -0.39 is 0 Å². The van der Waals surface area contributed by atoms with Crippen LogP contribution in [0, 0.1) is 0 Å². The number of methoxy groups -OCH3 is 1. The number of pyridine rings is 1. The summed E-state index contributed by atoms with van der Waals surface area (Å²) in [6, 6.07) is 15.7. The fourth-order valence-electron chi connectivity index (χ4n) is 3.69. The summed E-state index contributed by atoms with van der Waals surface area (Å²) in [7, 11) is 1.64. The Hall–Kier alpha value is -3.08. The summed E-state index contributed by atoms with van der Waals surface area (Å²) < 4.78 is 5.37. The van der Waals surface area contributed by atoms with Crippen molar-refractivity contribution in [2.75, 3.05) is 25.1 Å². The summed E-state index contributed by atoms with van der Waals surface area (Å²) in [5.41, 5.74) is 3.49. The number of ether oxygens (including phenoxy) is 1. The Morgan fingerprint density at radius 2 is 1.85 bits per heavy atom. The summed E-state index contributed by atoms with van der Waals surface area (Å²) >= 11 is 0. The maximum atomic E-state index is 13.0. The van der Waals surface area contributed by atoms with Gasteiger partial charge in [0.25, 0.3) is 5.91 Å². The minimum absolute atomic E-state index is 0.110. The fraction of sp³-hybridized carbons (Fsp3) is 0.273. The average Bonchev–Trinajstić information content (AvgIpc) is 3.25. The first-order valence-electron chi connectivity index (χ1n) is 9.30. The third-order valence-corrected chi connectivity index (χ3v) is 5.05. The number of anilines is 1. The Morgan fingerprint density at radius 1 is 1.11 bits per heavy atom. The molecule has 1 aromatic heterocycles. The zero-order valence-corrected chi connectivity index (χ0v) is 15.4. The van der Waals surface area contributed by atoms with Crippen molar-refractivity contribution in [3.05, 3.63) is 65.9 Å². The normalized spacial score (nSPS) is 13.7. The van der Waals surface area contributed by atoms with Crippen molar-refractivity contribution in [1.29, 1.82) is 0 Å². The lowest BCUT2D eigenvalue weighted by Crippen LogP contribution is -2.27. The summed E-state index contributed by atoms with van der Waals surface area (Å²) in [6.07, 6.45) is 4.01. The highest BCUT2D eigenvalue weighted by Gasteiger charge is 2.22. The van der Waals surface area contributed by atoms with E-state index in [-0.39, 0.29) is 5.91 Å². The quantitative estimate of drug-likeness (QED) is 0.751. The van der Waals surface area contributed by atoms with Gasteiger partial charge >= 0.3 is 0 Å². The maximum absolute atomic E-state index is 13.0. The molecule has 0 bridgehead atoms. The van der Waals surface area contributed by atoms with Crippen LogP contribution in [0.15, 0.2) is 54.7 Å². The first-order chi connectivity index (χ1) is 13.3. The molecule has 5 nitrogen and oxygen atoms in total. The first-order valence-corrected chi connectivity index (χ1v) is 9.30. The van der Waals surface area contributed by atoms with Gasteiger partial charge in [0.15, 0.2) is 0 Å². The van der Waals surface area contributed by atoms with Crippen molar-refractivity contribution in [1.82, 2.24) is 10.3 Å². The minimum atomic E-state index is -0.110. The van der Waals surface area contributed by atoms with E-state index >= 15 is 0 Å². The SMILES string of the molecule is COc1ccccc1CNC(=O)c1cnc2ccccc2c1N1CCCC1. The van der Waals surface area contributed by atoms with Crippen molar-refractivity contribution in [3.63, 3.8) is 0 Å². The van der Waals surface area contributed by atoms with Gasteiger partial charge in [-0.1, -0.05) is 36.4 Å². The molecule has 0 unspecified atom stereocenters. The number of carbonyl (C=O) groups excluding carboxylic acids is 1. The molecule has 1 aliphatic heterocycles. The second-order valence-electron chi connectivity index (χ2n) is 6.73. The van der Waals surface area contributed by atoms with Gasteiger partial charge in [-0.2, -0.15) is 0 Å².